The lowest BCUT2D eigenvalue weighted by Crippen LogP contribution is -2.28. The maximum absolute atomic E-state index is 12.3. The van der Waals surface area contributed by atoms with Crippen molar-refractivity contribution in [2.45, 2.75) is 12.3 Å². The Hall–Kier alpha value is -1.65. The highest BCUT2D eigenvalue weighted by Gasteiger charge is 2.12. The highest BCUT2D eigenvalue weighted by Crippen LogP contribution is 2.22. The average molecular weight is 350 g/mol. The molecule has 0 atom stereocenters. The number of benzene rings is 2. The van der Waals surface area contributed by atoms with Gasteiger partial charge in [-0.15, -0.1) is 11.8 Å². The van der Waals surface area contributed by atoms with Crippen LogP contribution < -0.4 is 4.74 Å². The summed E-state index contributed by atoms with van der Waals surface area (Å²) >= 11 is 7.69. The number of methoxy groups -OCH3 is 1. The van der Waals surface area contributed by atoms with Gasteiger partial charge in [0.25, 0.3) is 0 Å². The van der Waals surface area contributed by atoms with Crippen LogP contribution in [0.15, 0.2) is 48.5 Å². The largest absolute Gasteiger partial charge is 0.496 e. The van der Waals surface area contributed by atoms with Crippen molar-refractivity contribution in [3.63, 3.8) is 0 Å². The molecular formula is C18H20ClNO2S. The van der Waals surface area contributed by atoms with Crippen molar-refractivity contribution < 1.29 is 9.53 Å². The molecule has 0 heterocycles. The molecule has 2 aromatic carbocycles. The molecule has 0 fully saturated rings. The Morgan fingerprint density at radius 2 is 1.78 bits per heavy atom. The molecule has 0 radical (unpaired) electrons. The van der Waals surface area contributed by atoms with E-state index in [1.165, 1.54) is 0 Å². The summed E-state index contributed by atoms with van der Waals surface area (Å²) in [6, 6.07) is 15.5. The molecule has 0 spiro atoms. The zero-order valence-corrected chi connectivity index (χ0v) is 14.9. The third kappa shape index (κ3) is 5.19. The van der Waals surface area contributed by atoms with Gasteiger partial charge in [-0.25, -0.2) is 0 Å². The van der Waals surface area contributed by atoms with Crippen LogP contribution >= 0.6 is 23.4 Å². The lowest BCUT2D eigenvalue weighted by Gasteiger charge is -2.18. The molecule has 0 aromatic heterocycles. The topological polar surface area (TPSA) is 29.5 Å². The first-order valence-electron chi connectivity index (χ1n) is 7.29. The molecule has 1 amide bonds. The van der Waals surface area contributed by atoms with E-state index in [9.17, 15) is 4.79 Å². The fraction of sp³-hybridized carbons (Fsp3) is 0.278. The molecule has 0 saturated carbocycles. The fourth-order valence-corrected chi connectivity index (χ4v) is 3.40. The summed E-state index contributed by atoms with van der Waals surface area (Å²) in [5.41, 5.74) is 2.06. The third-order valence-electron chi connectivity index (χ3n) is 3.47. The number of ether oxygens (including phenoxy) is 1. The van der Waals surface area contributed by atoms with Gasteiger partial charge in [-0.05, 0) is 17.7 Å². The maximum atomic E-state index is 12.3. The van der Waals surface area contributed by atoms with Crippen LogP contribution in [-0.2, 0) is 17.1 Å². The zero-order valence-electron chi connectivity index (χ0n) is 13.3. The van der Waals surface area contributed by atoms with Gasteiger partial charge < -0.3 is 9.64 Å². The number of carbonyl (C=O) groups is 1. The Morgan fingerprint density at radius 3 is 2.48 bits per heavy atom. The summed E-state index contributed by atoms with van der Waals surface area (Å²) in [7, 11) is 3.45. The van der Waals surface area contributed by atoms with Gasteiger partial charge in [0.1, 0.15) is 5.75 Å². The van der Waals surface area contributed by atoms with Crippen molar-refractivity contribution in [2.75, 3.05) is 19.9 Å². The number of carbonyl (C=O) groups excluding carboxylic acids is 1. The van der Waals surface area contributed by atoms with E-state index in [-0.39, 0.29) is 5.91 Å². The number of thioether (sulfide) groups is 1. The Morgan fingerprint density at radius 1 is 1.13 bits per heavy atom. The molecule has 0 aliphatic carbocycles. The number of rotatable bonds is 7. The van der Waals surface area contributed by atoms with Crippen LogP contribution in [0.5, 0.6) is 5.75 Å². The molecule has 0 bridgehead atoms. The molecule has 23 heavy (non-hydrogen) atoms. The highest BCUT2D eigenvalue weighted by atomic mass is 35.5. The minimum absolute atomic E-state index is 0.0907. The van der Waals surface area contributed by atoms with Gasteiger partial charge in [0.05, 0.1) is 12.9 Å². The lowest BCUT2D eigenvalue weighted by molar-refractivity contribution is -0.127. The Balaban J connectivity index is 1.84. The van der Waals surface area contributed by atoms with E-state index >= 15 is 0 Å². The number of para-hydroxylation sites is 1. The van der Waals surface area contributed by atoms with Crippen LogP contribution in [-0.4, -0.2) is 30.7 Å². The number of amides is 1. The van der Waals surface area contributed by atoms with Crippen molar-refractivity contribution in [1.29, 1.82) is 0 Å². The summed E-state index contributed by atoms with van der Waals surface area (Å²) in [4.78, 5) is 14.0. The maximum Gasteiger partial charge on any atom is 0.232 e. The van der Waals surface area contributed by atoms with E-state index in [0.29, 0.717) is 12.3 Å². The van der Waals surface area contributed by atoms with Crippen molar-refractivity contribution >= 4 is 29.3 Å². The van der Waals surface area contributed by atoms with Gasteiger partial charge >= 0.3 is 0 Å². The summed E-state index contributed by atoms with van der Waals surface area (Å²) in [5.74, 6) is 2.05. The lowest BCUT2D eigenvalue weighted by atomic mass is 10.2. The van der Waals surface area contributed by atoms with E-state index in [1.54, 1.807) is 23.8 Å². The van der Waals surface area contributed by atoms with Crippen LogP contribution in [0.4, 0.5) is 0 Å². The number of nitrogens with zero attached hydrogens (tertiary/aromatic N) is 1. The quantitative estimate of drug-likeness (QED) is 0.748. The van der Waals surface area contributed by atoms with Crippen molar-refractivity contribution in [3.05, 3.63) is 64.7 Å². The van der Waals surface area contributed by atoms with Gasteiger partial charge in [-0.3, -0.25) is 4.79 Å². The Kier molecular flexibility index (Phi) is 6.81. The van der Waals surface area contributed by atoms with Crippen molar-refractivity contribution in [3.8, 4) is 5.75 Å². The standard InChI is InChI=1S/C18H20ClNO2S/c1-20(11-14-7-4-6-10-17(14)22-2)18(21)13-23-12-15-8-3-5-9-16(15)19/h3-10H,11-13H2,1-2H3. The highest BCUT2D eigenvalue weighted by molar-refractivity contribution is 7.99. The Bertz CT molecular complexity index is 663. The van der Waals surface area contributed by atoms with E-state index in [0.717, 1.165) is 27.7 Å². The number of hydrogen-bond donors (Lipinski definition) is 0. The van der Waals surface area contributed by atoms with Crippen LogP contribution in [0, 0.1) is 0 Å². The molecule has 2 aromatic rings. The minimum Gasteiger partial charge on any atom is -0.496 e. The normalized spacial score (nSPS) is 10.4. The molecule has 122 valence electrons. The van der Waals surface area contributed by atoms with Crippen molar-refractivity contribution in [2.24, 2.45) is 0 Å². The first kappa shape index (κ1) is 17.7. The smallest absolute Gasteiger partial charge is 0.232 e. The second kappa shape index (κ2) is 8.85. The molecule has 5 heteroatoms. The SMILES string of the molecule is COc1ccccc1CN(C)C(=O)CSCc1ccccc1Cl. The molecule has 0 saturated heterocycles. The van der Waals surface area contributed by atoms with Crippen LogP contribution in [0.1, 0.15) is 11.1 Å². The summed E-state index contributed by atoms with van der Waals surface area (Å²) in [6.07, 6.45) is 0. The fourth-order valence-electron chi connectivity index (χ4n) is 2.15. The molecule has 0 unspecified atom stereocenters. The Labute approximate surface area is 146 Å². The van der Waals surface area contributed by atoms with Crippen LogP contribution in [0.2, 0.25) is 5.02 Å². The van der Waals surface area contributed by atoms with Gasteiger partial charge in [-0.2, -0.15) is 0 Å². The van der Waals surface area contributed by atoms with Gasteiger partial charge in [-0.1, -0.05) is 48.0 Å². The first-order chi connectivity index (χ1) is 11.1. The molecule has 3 nitrogen and oxygen atoms in total. The molecule has 0 aliphatic rings. The molecule has 2 rings (SSSR count). The van der Waals surface area contributed by atoms with Crippen LogP contribution in [0.25, 0.3) is 0 Å². The average Bonchev–Trinajstić information content (AvgIpc) is 2.57. The predicted molar refractivity (Wildman–Crippen MR) is 97.1 cm³/mol. The monoisotopic (exact) mass is 349 g/mol. The minimum atomic E-state index is 0.0907. The van der Waals surface area contributed by atoms with E-state index < -0.39 is 0 Å². The molecule has 0 aliphatic heterocycles. The summed E-state index contributed by atoms with van der Waals surface area (Å²) < 4.78 is 5.32. The summed E-state index contributed by atoms with van der Waals surface area (Å²) in [5, 5.41) is 0.745. The predicted octanol–water partition coefficient (Wildman–Crippen LogP) is 4.24. The van der Waals surface area contributed by atoms with Crippen molar-refractivity contribution in [1.82, 2.24) is 4.90 Å². The van der Waals surface area contributed by atoms with Gasteiger partial charge in [0, 0.05) is 29.9 Å². The zero-order chi connectivity index (χ0) is 16.7. The van der Waals surface area contributed by atoms with Gasteiger partial charge in [0.2, 0.25) is 5.91 Å². The number of hydrogen-bond acceptors (Lipinski definition) is 3. The third-order valence-corrected chi connectivity index (χ3v) is 4.80. The first-order valence-corrected chi connectivity index (χ1v) is 8.82. The molecule has 0 N–H and O–H groups in total. The number of halogens is 1. The van der Waals surface area contributed by atoms with E-state index in [4.69, 9.17) is 16.3 Å². The second-order valence-corrected chi connectivity index (χ2v) is 6.54. The van der Waals surface area contributed by atoms with Gasteiger partial charge in [0.15, 0.2) is 0 Å². The second-order valence-electron chi connectivity index (χ2n) is 5.15. The summed E-state index contributed by atoms with van der Waals surface area (Å²) in [6.45, 7) is 0.537. The van der Waals surface area contributed by atoms with E-state index in [1.807, 2.05) is 55.6 Å². The molecular weight excluding hydrogens is 330 g/mol. The van der Waals surface area contributed by atoms with E-state index in [2.05, 4.69) is 0 Å². The van der Waals surface area contributed by atoms with Crippen LogP contribution in [0.3, 0.4) is 0 Å².